The normalized spacial score (nSPS) is 20.8. The first-order chi connectivity index (χ1) is 8.13. The molecule has 0 radical (unpaired) electrons. The van der Waals surface area contributed by atoms with Crippen LogP contribution < -0.4 is 10.6 Å². The number of ether oxygens (including phenoxy) is 1. The first-order valence-electron chi connectivity index (χ1n) is 5.49. The molecule has 1 atom stereocenters. The number of anilines is 1. The van der Waals surface area contributed by atoms with Gasteiger partial charge in [0.15, 0.2) is 0 Å². The van der Waals surface area contributed by atoms with Crippen molar-refractivity contribution in [2.75, 3.05) is 24.7 Å². The summed E-state index contributed by atoms with van der Waals surface area (Å²) in [7, 11) is 0. The van der Waals surface area contributed by atoms with Crippen LogP contribution in [0.15, 0.2) is 22.7 Å². The summed E-state index contributed by atoms with van der Waals surface area (Å²) in [6.45, 7) is 3.03. The molecule has 0 spiro atoms. The van der Waals surface area contributed by atoms with Crippen LogP contribution in [0.4, 0.5) is 5.69 Å². The molecule has 4 nitrogen and oxygen atoms in total. The van der Waals surface area contributed by atoms with E-state index >= 15 is 0 Å². The van der Waals surface area contributed by atoms with E-state index in [9.17, 15) is 4.79 Å². The number of carbonyl (C=O) groups is 1. The third kappa shape index (κ3) is 2.51. The highest BCUT2D eigenvalue weighted by molar-refractivity contribution is 9.10. The van der Waals surface area contributed by atoms with E-state index in [1.807, 2.05) is 25.1 Å². The van der Waals surface area contributed by atoms with Gasteiger partial charge in [-0.15, -0.1) is 0 Å². The molecule has 1 aliphatic rings. The van der Waals surface area contributed by atoms with E-state index in [1.54, 1.807) is 4.90 Å². The molecule has 1 heterocycles. The minimum atomic E-state index is -0.0779. The average Bonchev–Trinajstić information content (AvgIpc) is 2.32. The van der Waals surface area contributed by atoms with Gasteiger partial charge in [-0.05, 0) is 24.6 Å². The summed E-state index contributed by atoms with van der Waals surface area (Å²) in [4.78, 5) is 13.6. The topological polar surface area (TPSA) is 55.6 Å². The van der Waals surface area contributed by atoms with Crippen molar-refractivity contribution in [1.82, 2.24) is 0 Å². The monoisotopic (exact) mass is 298 g/mol. The lowest BCUT2D eigenvalue weighted by Crippen LogP contribution is -2.53. The predicted octanol–water partition coefficient (Wildman–Crippen LogP) is 1.45. The van der Waals surface area contributed by atoms with Crippen molar-refractivity contribution in [2.45, 2.75) is 13.0 Å². The van der Waals surface area contributed by atoms with Crippen LogP contribution >= 0.6 is 15.9 Å². The summed E-state index contributed by atoms with van der Waals surface area (Å²) in [6.07, 6.45) is 0. The first-order valence-corrected chi connectivity index (χ1v) is 6.29. The highest BCUT2D eigenvalue weighted by atomic mass is 79.9. The molecule has 1 aromatic rings. The number of rotatable bonds is 2. The zero-order valence-corrected chi connectivity index (χ0v) is 11.2. The standard InChI is InChI=1S/C12H15BrN2O2/c1-8-2-3-9(4-11(8)13)15-10(5-14)6-17-7-12(15)16/h2-4,10H,5-7,14H2,1H3. The molecule has 17 heavy (non-hydrogen) atoms. The Morgan fingerprint density at radius 3 is 3.00 bits per heavy atom. The number of hydrogen-bond acceptors (Lipinski definition) is 3. The lowest BCUT2D eigenvalue weighted by atomic mass is 10.1. The summed E-state index contributed by atoms with van der Waals surface area (Å²) in [5.41, 5.74) is 7.68. The van der Waals surface area contributed by atoms with E-state index < -0.39 is 0 Å². The third-order valence-electron chi connectivity index (χ3n) is 2.88. The molecule has 2 rings (SSSR count). The molecule has 0 bridgehead atoms. The van der Waals surface area contributed by atoms with Crippen LogP contribution in [0, 0.1) is 6.92 Å². The van der Waals surface area contributed by atoms with E-state index in [-0.39, 0.29) is 18.6 Å². The predicted molar refractivity (Wildman–Crippen MR) is 70.0 cm³/mol. The smallest absolute Gasteiger partial charge is 0.253 e. The van der Waals surface area contributed by atoms with Crippen molar-refractivity contribution in [3.63, 3.8) is 0 Å². The van der Waals surface area contributed by atoms with Gasteiger partial charge in [0.2, 0.25) is 0 Å². The summed E-state index contributed by atoms with van der Waals surface area (Å²) in [5.74, 6) is -0.0394. The van der Waals surface area contributed by atoms with Crippen LogP contribution in [0.25, 0.3) is 0 Å². The fourth-order valence-electron chi connectivity index (χ4n) is 1.89. The number of nitrogens with two attached hydrogens (primary N) is 1. The van der Waals surface area contributed by atoms with Crippen molar-refractivity contribution < 1.29 is 9.53 Å². The highest BCUT2D eigenvalue weighted by Crippen LogP contribution is 2.26. The Morgan fingerprint density at radius 1 is 1.59 bits per heavy atom. The van der Waals surface area contributed by atoms with Gasteiger partial charge >= 0.3 is 0 Å². The van der Waals surface area contributed by atoms with Gasteiger partial charge in [-0.1, -0.05) is 22.0 Å². The van der Waals surface area contributed by atoms with E-state index in [2.05, 4.69) is 15.9 Å². The maximum atomic E-state index is 11.9. The minimum absolute atomic E-state index is 0.0394. The van der Waals surface area contributed by atoms with Crippen molar-refractivity contribution in [3.05, 3.63) is 28.2 Å². The summed E-state index contributed by atoms with van der Waals surface area (Å²) in [6, 6.07) is 5.79. The van der Waals surface area contributed by atoms with Gasteiger partial charge in [-0.3, -0.25) is 4.79 Å². The van der Waals surface area contributed by atoms with Gasteiger partial charge in [0.05, 0.1) is 12.6 Å². The molecule has 92 valence electrons. The zero-order valence-electron chi connectivity index (χ0n) is 9.65. The minimum Gasteiger partial charge on any atom is -0.369 e. The second kappa shape index (κ2) is 5.16. The summed E-state index contributed by atoms with van der Waals surface area (Å²) >= 11 is 3.47. The van der Waals surface area contributed by atoms with Crippen molar-refractivity contribution in [1.29, 1.82) is 0 Å². The molecule has 1 fully saturated rings. The second-order valence-corrected chi connectivity index (χ2v) is 4.96. The molecule has 1 aliphatic heterocycles. The molecule has 0 aromatic heterocycles. The molecular weight excluding hydrogens is 284 g/mol. The van der Waals surface area contributed by atoms with Gasteiger partial charge in [0.25, 0.3) is 5.91 Å². The van der Waals surface area contributed by atoms with Crippen LogP contribution in [0.3, 0.4) is 0 Å². The van der Waals surface area contributed by atoms with Crippen molar-refractivity contribution in [3.8, 4) is 0 Å². The Labute approximate surface area is 109 Å². The molecule has 1 amide bonds. The third-order valence-corrected chi connectivity index (χ3v) is 3.73. The number of carbonyl (C=O) groups excluding carboxylic acids is 1. The molecule has 0 saturated carbocycles. The van der Waals surface area contributed by atoms with Crippen LogP contribution in [0.1, 0.15) is 5.56 Å². The SMILES string of the molecule is Cc1ccc(N2C(=O)COCC2CN)cc1Br. The molecule has 1 unspecified atom stereocenters. The number of nitrogens with zero attached hydrogens (tertiary/aromatic N) is 1. The Bertz CT molecular complexity index is 437. The Kier molecular flexibility index (Phi) is 3.81. The summed E-state index contributed by atoms with van der Waals surface area (Å²) < 4.78 is 6.20. The van der Waals surface area contributed by atoms with Gasteiger partial charge < -0.3 is 15.4 Å². The Morgan fingerprint density at radius 2 is 2.35 bits per heavy atom. The van der Waals surface area contributed by atoms with E-state index in [4.69, 9.17) is 10.5 Å². The maximum absolute atomic E-state index is 11.9. The van der Waals surface area contributed by atoms with Crippen LogP contribution in [0.2, 0.25) is 0 Å². The van der Waals surface area contributed by atoms with Gasteiger partial charge in [-0.2, -0.15) is 0 Å². The first kappa shape index (κ1) is 12.5. The molecule has 2 N–H and O–H groups in total. The van der Waals surface area contributed by atoms with E-state index in [1.165, 1.54) is 0 Å². The molecule has 1 aromatic carbocycles. The Hall–Kier alpha value is -0.910. The van der Waals surface area contributed by atoms with Crippen LogP contribution in [-0.2, 0) is 9.53 Å². The fraction of sp³-hybridized carbons (Fsp3) is 0.417. The molecule has 5 heteroatoms. The maximum Gasteiger partial charge on any atom is 0.253 e. The van der Waals surface area contributed by atoms with Gasteiger partial charge in [0, 0.05) is 16.7 Å². The van der Waals surface area contributed by atoms with Crippen LogP contribution in [0.5, 0.6) is 0 Å². The number of morpholine rings is 1. The van der Waals surface area contributed by atoms with Gasteiger partial charge in [0.1, 0.15) is 6.61 Å². The molecule has 0 aliphatic carbocycles. The van der Waals surface area contributed by atoms with Crippen LogP contribution in [-0.4, -0.2) is 31.7 Å². The van der Waals surface area contributed by atoms with Gasteiger partial charge in [-0.25, -0.2) is 0 Å². The number of benzene rings is 1. The lowest BCUT2D eigenvalue weighted by Gasteiger charge is -2.34. The second-order valence-electron chi connectivity index (χ2n) is 4.10. The van der Waals surface area contributed by atoms with E-state index in [0.29, 0.717) is 13.2 Å². The highest BCUT2D eigenvalue weighted by Gasteiger charge is 2.29. The molecule has 1 saturated heterocycles. The molecular formula is C12H15BrN2O2. The largest absolute Gasteiger partial charge is 0.369 e. The number of hydrogen-bond donors (Lipinski definition) is 1. The summed E-state index contributed by atoms with van der Waals surface area (Å²) in [5, 5.41) is 0. The zero-order chi connectivity index (χ0) is 12.4. The number of halogens is 1. The fourth-order valence-corrected chi connectivity index (χ4v) is 2.26. The number of amides is 1. The van der Waals surface area contributed by atoms with Crippen molar-refractivity contribution >= 4 is 27.5 Å². The lowest BCUT2D eigenvalue weighted by molar-refractivity contribution is -0.127. The number of aryl methyl sites for hydroxylation is 1. The van der Waals surface area contributed by atoms with E-state index in [0.717, 1.165) is 15.7 Å². The van der Waals surface area contributed by atoms with Crippen molar-refractivity contribution in [2.24, 2.45) is 5.73 Å². The Balaban J connectivity index is 2.34. The quantitative estimate of drug-likeness (QED) is 0.899. The average molecular weight is 299 g/mol.